The molecule has 2 rings (SSSR count). The van der Waals surface area contributed by atoms with E-state index < -0.39 is 0 Å². The van der Waals surface area contributed by atoms with Gasteiger partial charge in [0, 0.05) is 12.6 Å². The largest absolute Gasteiger partial charge is 0.329 e. The smallest absolute Gasteiger partial charge is 0.149 e. The number of nitrogens with zero attached hydrogens (tertiary/aromatic N) is 3. The van der Waals surface area contributed by atoms with Crippen molar-refractivity contribution in [1.82, 2.24) is 14.8 Å². The van der Waals surface area contributed by atoms with Crippen molar-refractivity contribution in [2.24, 2.45) is 5.73 Å². The fourth-order valence-electron chi connectivity index (χ4n) is 2.25. The number of Topliss-reactive ketones (excluding diaryl/α,β-unsaturated/α-hetero) is 1. The molecule has 2 N–H and O–H groups in total. The van der Waals surface area contributed by atoms with E-state index in [1.165, 1.54) is 6.33 Å². The normalized spacial score (nSPS) is 12.6. The topological polar surface area (TPSA) is 73.8 Å². The lowest BCUT2D eigenvalue weighted by atomic mass is 9.93. The van der Waals surface area contributed by atoms with Crippen molar-refractivity contribution in [2.45, 2.75) is 32.2 Å². The third kappa shape index (κ3) is 3.11. The van der Waals surface area contributed by atoms with Gasteiger partial charge in [-0.2, -0.15) is 5.10 Å². The molecule has 0 aliphatic rings. The predicted molar refractivity (Wildman–Crippen MR) is 77.4 cm³/mol. The van der Waals surface area contributed by atoms with E-state index in [0.29, 0.717) is 12.4 Å². The molecule has 20 heavy (non-hydrogen) atoms. The van der Waals surface area contributed by atoms with Gasteiger partial charge in [0.25, 0.3) is 0 Å². The van der Waals surface area contributed by atoms with Crippen LogP contribution in [0.1, 0.15) is 37.2 Å². The molecule has 5 nitrogen and oxygen atoms in total. The summed E-state index contributed by atoms with van der Waals surface area (Å²) in [5, 5.41) is 4.15. The Bertz CT molecular complexity index is 562. The highest BCUT2D eigenvalue weighted by Gasteiger charge is 2.21. The Hall–Kier alpha value is -2.01. The number of hydrogen-bond donors (Lipinski definition) is 1. The molecule has 1 aromatic carbocycles. The van der Waals surface area contributed by atoms with E-state index in [1.54, 1.807) is 4.68 Å². The molecule has 0 saturated heterocycles. The van der Waals surface area contributed by atoms with Crippen LogP contribution in [-0.2, 0) is 11.2 Å². The lowest BCUT2D eigenvalue weighted by Crippen LogP contribution is -2.24. The second kappa shape index (κ2) is 6.43. The summed E-state index contributed by atoms with van der Waals surface area (Å²) in [6, 6.07) is 9.82. The number of benzene rings is 1. The van der Waals surface area contributed by atoms with Crippen LogP contribution >= 0.6 is 0 Å². The summed E-state index contributed by atoms with van der Waals surface area (Å²) in [6.07, 6.45) is 1.75. The maximum Gasteiger partial charge on any atom is 0.149 e. The monoisotopic (exact) mass is 272 g/mol. The Morgan fingerprint density at radius 2 is 2.00 bits per heavy atom. The molecule has 0 saturated carbocycles. The van der Waals surface area contributed by atoms with E-state index in [0.717, 1.165) is 5.56 Å². The van der Waals surface area contributed by atoms with Crippen LogP contribution in [0.4, 0.5) is 0 Å². The zero-order chi connectivity index (χ0) is 14.5. The molecule has 0 spiro atoms. The van der Waals surface area contributed by atoms with E-state index in [2.05, 4.69) is 10.1 Å². The van der Waals surface area contributed by atoms with Crippen LogP contribution in [-0.4, -0.2) is 27.1 Å². The molecule has 1 atom stereocenters. The SMILES string of the molecule is CC(C)n1ncnc1CC(=O)C(CN)c1ccccc1. The van der Waals surface area contributed by atoms with E-state index >= 15 is 0 Å². The highest BCUT2D eigenvalue weighted by atomic mass is 16.1. The standard InChI is InChI=1S/C15H20N4O/c1-11(2)19-15(17-10-18-19)8-14(20)13(9-16)12-6-4-3-5-7-12/h3-7,10-11,13H,8-9,16H2,1-2H3. The Balaban J connectivity index is 2.16. The van der Waals surface area contributed by atoms with Crippen molar-refractivity contribution >= 4 is 5.78 Å². The number of nitrogens with two attached hydrogens (primary N) is 1. The molecule has 0 bridgehead atoms. The number of hydrogen-bond acceptors (Lipinski definition) is 4. The average Bonchev–Trinajstić information content (AvgIpc) is 2.89. The first-order chi connectivity index (χ1) is 9.63. The number of carbonyl (C=O) groups is 1. The molecule has 0 fully saturated rings. The summed E-state index contributed by atoms with van der Waals surface area (Å²) in [5.74, 6) is 0.487. The molecule has 1 unspecified atom stereocenters. The van der Waals surface area contributed by atoms with E-state index in [4.69, 9.17) is 5.73 Å². The van der Waals surface area contributed by atoms with Gasteiger partial charge in [0.2, 0.25) is 0 Å². The van der Waals surface area contributed by atoms with Gasteiger partial charge in [-0.25, -0.2) is 9.67 Å². The van der Waals surface area contributed by atoms with Crippen molar-refractivity contribution in [3.8, 4) is 0 Å². The first kappa shape index (κ1) is 14.4. The number of aromatic nitrogens is 3. The summed E-state index contributed by atoms with van der Waals surface area (Å²) >= 11 is 0. The second-order valence-corrected chi connectivity index (χ2v) is 5.06. The molecule has 106 valence electrons. The third-order valence-corrected chi connectivity index (χ3v) is 3.30. The molecule has 0 amide bonds. The molecule has 1 heterocycles. The third-order valence-electron chi connectivity index (χ3n) is 3.30. The fourth-order valence-corrected chi connectivity index (χ4v) is 2.25. The molecule has 0 aliphatic carbocycles. The van der Waals surface area contributed by atoms with Crippen molar-refractivity contribution in [3.63, 3.8) is 0 Å². The summed E-state index contributed by atoms with van der Waals surface area (Å²) in [4.78, 5) is 16.6. The van der Waals surface area contributed by atoms with Crippen molar-refractivity contribution in [1.29, 1.82) is 0 Å². The van der Waals surface area contributed by atoms with Gasteiger partial charge in [-0.05, 0) is 19.4 Å². The highest BCUT2D eigenvalue weighted by Crippen LogP contribution is 2.18. The minimum absolute atomic E-state index is 0.0774. The van der Waals surface area contributed by atoms with E-state index in [1.807, 2.05) is 44.2 Å². The summed E-state index contributed by atoms with van der Waals surface area (Å²) in [5.41, 5.74) is 6.72. The summed E-state index contributed by atoms with van der Waals surface area (Å²) in [6.45, 7) is 4.33. The Labute approximate surface area is 118 Å². The number of rotatable bonds is 6. The molecule has 0 radical (unpaired) electrons. The maximum absolute atomic E-state index is 12.5. The second-order valence-electron chi connectivity index (χ2n) is 5.06. The van der Waals surface area contributed by atoms with Gasteiger partial charge in [-0.1, -0.05) is 30.3 Å². The van der Waals surface area contributed by atoms with Crippen LogP contribution in [0.3, 0.4) is 0 Å². The summed E-state index contributed by atoms with van der Waals surface area (Å²) < 4.78 is 1.77. The van der Waals surface area contributed by atoms with Crippen LogP contribution in [0.2, 0.25) is 0 Å². The lowest BCUT2D eigenvalue weighted by Gasteiger charge is -2.15. The zero-order valence-corrected chi connectivity index (χ0v) is 11.9. The van der Waals surface area contributed by atoms with Crippen LogP contribution in [0.15, 0.2) is 36.7 Å². The molecular weight excluding hydrogens is 252 g/mol. The Kier molecular flexibility index (Phi) is 4.63. The Morgan fingerprint density at radius 1 is 1.30 bits per heavy atom. The summed E-state index contributed by atoms with van der Waals surface area (Å²) in [7, 11) is 0. The maximum atomic E-state index is 12.5. The minimum Gasteiger partial charge on any atom is -0.329 e. The van der Waals surface area contributed by atoms with Gasteiger partial charge in [0.15, 0.2) is 0 Å². The van der Waals surface area contributed by atoms with Crippen LogP contribution in [0.5, 0.6) is 0 Å². The number of ketones is 1. The van der Waals surface area contributed by atoms with Crippen LogP contribution in [0, 0.1) is 0 Å². The van der Waals surface area contributed by atoms with Gasteiger partial charge < -0.3 is 5.73 Å². The van der Waals surface area contributed by atoms with Gasteiger partial charge in [0.05, 0.1) is 12.3 Å². The van der Waals surface area contributed by atoms with Gasteiger partial charge in [0.1, 0.15) is 17.9 Å². The molecule has 1 aromatic heterocycles. The quantitative estimate of drug-likeness (QED) is 0.868. The molecular formula is C15H20N4O. The van der Waals surface area contributed by atoms with Crippen molar-refractivity contribution < 1.29 is 4.79 Å². The Morgan fingerprint density at radius 3 is 2.60 bits per heavy atom. The lowest BCUT2D eigenvalue weighted by molar-refractivity contribution is -0.119. The molecule has 5 heteroatoms. The van der Waals surface area contributed by atoms with Gasteiger partial charge >= 0.3 is 0 Å². The van der Waals surface area contributed by atoms with Crippen LogP contribution in [0.25, 0.3) is 0 Å². The predicted octanol–water partition coefficient (Wildman–Crippen LogP) is 1.71. The first-order valence-corrected chi connectivity index (χ1v) is 6.79. The van der Waals surface area contributed by atoms with Crippen molar-refractivity contribution in [2.75, 3.05) is 6.54 Å². The van der Waals surface area contributed by atoms with Crippen molar-refractivity contribution in [3.05, 3.63) is 48.0 Å². The van der Waals surface area contributed by atoms with Gasteiger partial charge in [-0.3, -0.25) is 4.79 Å². The fraction of sp³-hybridized carbons (Fsp3) is 0.400. The minimum atomic E-state index is -0.284. The first-order valence-electron chi connectivity index (χ1n) is 6.79. The van der Waals surface area contributed by atoms with E-state index in [-0.39, 0.29) is 24.2 Å². The van der Waals surface area contributed by atoms with E-state index in [9.17, 15) is 4.79 Å². The van der Waals surface area contributed by atoms with Crippen LogP contribution < -0.4 is 5.73 Å². The van der Waals surface area contributed by atoms with Gasteiger partial charge in [-0.15, -0.1) is 0 Å². The molecule has 0 aliphatic heterocycles. The average molecular weight is 272 g/mol. The molecule has 2 aromatic rings. The number of carbonyl (C=O) groups excluding carboxylic acids is 1. The highest BCUT2D eigenvalue weighted by molar-refractivity contribution is 5.87. The zero-order valence-electron chi connectivity index (χ0n) is 11.9.